The monoisotopic (exact) mass is 273 g/mol. The van der Waals surface area contributed by atoms with Crippen molar-refractivity contribution in [1.29, 1.82) is 0 Å². The normalized spacial score (nSPS) is 14.4. The summed E-state index contributed by atoms with van der Waals surface area (Å²) in [6.07, 6.45) is 0. The van der Waals surface area contributed by atoms with E-state index in [-0.39, 0.29) is 5.91 Å². The Morgan fingerprint density at radius 2 is 2.21 bits per heavy atom. The zero-order chi connectivity index (χ0) is 10.3. The summed E-state index contributed by atoms with van der Waals surface area (Å²) in [5.74, 6) is 0.101. The van der Waals surface area contributed by atoms with Crippen LogP contribution in [0.3, 0.4) is 0 Å². The van der Waals surface area contributed by atoms with E-state index in [4.69, 9.17) is 11.6 Å². The maximum atomic E-state index is 11.2. The average molecular weight is 275 g/mol. The summed E-state index contributed by atoms with van der Waals surface area (Å²) in [4.78, 5) is 13.0. The van der Waals surface area contributed by atoms with E-state index in [9.17, 15) is 4.79 Å². The molecule has 74 valence electrons. The highest BCUT2D eigenvalue weighted by molar-refractivity contribution is 9.10. The van der Waals surface area contributed by atoms with E-state index < -0.39 is 0 Å². The van der Waals surface area contributed by atoms with Gasteiger partial charge in [0.05, 0.1) is 0 Å². The van der Waals surface area contributed by atoms with Gasteiger partial charge in [-0.15, -0.1) is 0 Å². The summed E-state index contributed by atoms with van der Waals surface area (Å²) in [7, 11) is 0. The number of carbonyl (C=O) groups excluding carboxylic acids is 1. The molecule has 0 unspecified atom stereocenters. The number of amides is 1. The summed E-state index contributed by atoms with van der Waals surface area (Å²) >= 11 is 9.37. The molecule has 0 saturated carbocycles. The van der Waals surface area contributed by atoms with Crippen molar-refractivity contribution >= 4 is 33.4 Å². The third-order valence-corrected chi connectivity index (χ3v) is 3.33. The maximum absolute atomic E-state index is 11.2. The van der Waals surface area contributed by atoms with Gasteiger partial charge >= 0.3 is 0 Å². The molecule has 4 heteroatoms. The number of rotatable bonds is 0. The first-order chi connectivity index (χ1) is 6.58. The molecule has 1 aliphatic heterocycles. The standard InChI is InChI=1S/C10H9BrClNO/c1-6(14)13-4-7-2-8(12)3-10(11)9(7)5-13/h2-3H,4-5H2,1H3. The minimum Gasteiger partial charge on any atom is -0.334 e. The lowest BCUT2D eigenvalue weighted by atomic mass is 10.1. The fraction of sp³-hybridized carbons (Fsp3) is 0.300. The molecule has 1 aliphatic rings. The van der Waals surface area contributed by atoms with Crippen LogP contribution in [0.1, 0.15) is 18.1 Å². The highest BCUT2D eigenvalue weighted by Crippen LogP contribution is 2.32. The van der Waals surface area contributed by atoms with Crippen molar-refractivity contribution in [2.75, 3.05) is 0 Å². The van der Waals surface area contributed by atoms with E-state index in [0.717, 1.165) is 10.0 Å². The van der Waals surface area contributed by atoms with Crippen molar-refractivity contribution in [2.24, 2.45) is 0 Å². The first kappa shape index (κ1) is 9.99. The predicted molar refractivity (Wildman–Crippen MR) is 59.1 cm³/mol. The first-order valence-electron chi connectivity index (χ1n) is 4.30. The van der Waals surface area contributed by atoms with Gasteiger partial charge < -0.3 is 4.90 Å². The van der Waals surface area contributed by atoms with Crippen LogP contribution in [0.5, 0.6) is 0 Å². The highest BCUT2D eigenvalue weighted by Gasteiger charge is 2.23. The lowest BCUT2D eigenvalue weighted by molar-refractivity contribution is -0.129. The number of fused-ring (bicyclic) bond motifs is 1. The van der Waals surface area contributed by atoms with Gasteiger partial charge in [0.15, 0.2) is 0 Å². The summed E-state index contributed by atoms with van der Waals surface area (Å²) in [5, 5.41) is 0.709. The number of benzene rings is 1. The molecule has 14 heavy (non-hydrogen) atoms. The van der Waals surface area contributed by atoms with Crippen molar-refractivity contribution in [3.05, 3.63) is 32.8 Å². The van der Waals surface area contributed by atoms with E-state index in [1.54, 1.807) is 11.8 Å². The SMILES string of the molecule is CC(=O)N1Cc2cc(Cl)cc(Br)c2C1. The van der Waals surface area contributed by atoms with Crippen molar-refractivity contribution in [3.8, 4) is 0 Å². The molecule has 1 amide bonds. The largest absolute Gasteiger partial charge is 0.334 e. The van der Waals surface area contributed by atoms with Crippen LogP contribution in [-0.2, 0) is 17.9 Å². The Labute approximate surface area is 96.0 Å². The molecule has 1 heterocycles. The van der Waals surface area contributed by atoms with Crippen LogP contribution < -0.4 is 0 Å². The summed E-state index contributed by atoms with van der Waals surface area (Å²) in [6, 6.07) is 3.79. The van der Waals surface area contributed by atoms with Crippen LogP contribution in [0.2, 0.25) is 5.02 Å². The molecule has 2 nitrogen and oxygen atoms in total. The molecular weight excluding hydrogens is 265 g/mol. The number of nitrogens with zero attached hydrogens (tertiary/aromatic N) is 1. The molecule has 1 aromatic carbocycles. The molecule has 0 fully saturated rings. The molecule has 0 aromatic heterocycles. The Balaban J connectivity index is 2.39. The molecule has 0 bridgehead atoms. The summed E-state index contributed by atoms with van der Waals surface area (Å²) < 4.78 is 0.990. The zero-order valence-electron chi connectivity index (χ0n) is 7.68. The van der Waals surface area contributed by atoms with Crippen molar-refractivity contribution in [1.82, 2.24) is 4.90 Å². The Morgan fingerprint density at radius 3 is 2.86 bits per heavy atom. The topological polar surface area (TPSA) is 20.3 Å². The number of halogens is 2. The minimum absolute atomic E-state index is 0.101. The quantitative estimate of drug-likeness (QED) is 0.712. The van der Waals surface area contributed by atoms with E-state index in [1.165, 1.54) is 5.56 Å². The van der Waals surface area contributed by atoms with Crippen LogP contribution in [-0.4, -0.2) is 10.8 Å². The average Bonchev–Trinajstić information content (AvgIpc) is 2.47. The fourth-order valence-corrected chi connectivity index (χ4v) is 2.65. The lowest BCUT2D eigenvalue weighted by Crippen LogP contribution is -2.21. The summed E-state index contributed by atoms with van der Waals surface area (Å²) in [6.45, 7) is 2.94. The Morgan fingerprint density at radius 1 is 1.50 bits per heavy atom. The second kappa shape index (κ2) is 3.55. The van der Waals surface area contributed by atoms with Crippen LogP contribution in [0.25, 0.3) is 0 Å². The van der Waals surface area contributed by atoms with Crippen LogP contribution >= 0.6 is 27.5 Å². The molecule has 0 radical (unpaired) electrons. The van der Waals surface area contributed by atoms with Gasteiger partial charge in [-0.2, -0.15) is 0 Å². The van der Waals surface area contributed by atoms with E-state index >= 15 is 0 Å². The minimum atomic E-state index is 0.101. The predicted octanol–water partition coefficient (Wildman–Crippen LogP) is 2.96. The molecule has 0 saturated heterocycles. The van der Waals surface area contributed by atoms with Gasteiger partial charge in [-0.05, 0) is 23.3 Å². The molecule has 0 atom stereocenters. The second-order valence-electron chi connectivity index (χ2n) is 3.40. The Kier molecular flexibility index (Phi) is 2.54. The Bertz CT molecular complexity index is 405. The highest BCUT2D eigenvalue weighted by atomic mass is 79.9. The van der Waals surface area contributed by atoms with Gasteiger partial charge in [0.1, 0.15) is 0 Å². The van der Waals surface area contributed by atoms with Crippen LogP contribution in [0.4, 0.5) is 0 Å². The third kappa shape index (κ3) is 1.66. The van der Waals surface area contributed by atoms with Gasteiger partial charge in [0.25, 0.3) is 0 Å². The van der Waals surface area contributed by atoms with E-state index in [1.807, 2.05) is 12.1 Å². The van der Waals surface area contributed by atoms with Gasteiger partial charge in [0, 0.05) is 29.5 Å². The smallest absolute Gasteiger partial charge is 0.220 e. The van der Waals surface area contributed by atoms with Crippen molar-refractivity contribution < 1.29 is 4.79 Å². The van der Waals surface area contributed by atoms with Crippen molar-refractivity contribution in [3.63, 3.8) is 0 Å². The van der Waals surface area contributed by atoms with Crippen LogP contribution in [0, 0.1) is 0 Å². The molecule has 1 aromatic rings. The molecule has 0 aliphatic carbocycles. The Hall–Kier alpha value is -0.540. The fourth-order valence-electron chi connectivity index (χ4n) is 1.65. The zero-order valence-corrected chi connectivity index (χ0v) is 10.0. The summed E-state index contributed by atoms with van der Waals surface area (Å²) in [5.41, 5.74) is 2.31. The molecule has 0 N–H and O–H groups in total. The van der Waals surface area contributed by atoms with Crippen LogP contribution in [0.15, 0.2) is 16.6 Å². The van der Waals surface area contributed by atoms with Gasteiger partial charge in [-0.25, -0.2) is 0 Å². The maximum Gasteiger partial charge on any atom is 0.220 e. The van der Waals surface area contributed by atoms with Crippen molar-refractivity contribution in [2.45, 2.75) is 20.0 Å². The van der Waals surface area contributed by atoms with E-state index in [0.29, 0.717) is 18.1 Å². The number of hydrogen-bond donors (Lipinski definition) is 0. The van der Waals surface area contributed by atoms with Gasteiger partial charge in [0.2, 0.25) is 5.91 Å². The number of hydrogen-bond acceptors (Lipinski definition) is 1. The molecule has 0 spiro atoms. The lowest BCUT2D eigenvalue weighted by Gasteiger charge is -2.11. The van der Waals surface area contributed by atoms with Gasteiger partial charge in [-0.3, -0.25) is 4.79 Å². The van der Waals surface area contributed by atoms with E-state index in [2.05, 4.69) is 15.9 Å². The van der Waals surface area contributed by atoms with Gasteiger partial charge in [-0.1, -0.05) is 27.5 Å². The molecule has 2 rings (SSSR count). The third-order valence-electron chi connectivity index (χ3n) is 2.41. The number of carbonyl (C=O) groups is 1. The first-order valence-corrected chi connectivity index (χ1v) is 5.47. The molecular formula is C10H9BrClNO. The second-order valence-corrected chi connectivity index (χ2v) is 4.69.